The predicted octanol–water partition coefficient (Wildman–Crippen LogP) is 0.963. The number of fused-ring (bicyclic) bond motifs is 1. The molecule has 0 unspecified atom stereocenters. The number of hydrogen-bond acceptors (Lipinski definition) is 4. The number of hydrogen-bond donors (Lipinski definition) is 1. The molecule has 0 amide bonds. The number of aromatic nitrogens is 1. The van der Waals surface area contributed by atoms with Gasteiger partial charge in [-0.1, -0.05) is 36.4 Å². The van der Waals surface area contributed by atoms with E-state index in [4.69, 9.17) is 4.74 Å². The average Bonchev–Trinajstić information content (AvgIpc) is 2.71. The highest BCUT2D eigenvalue weighted by Crippen LogP contribution is 2.31. The summed E-state index contributed by atoms with van der Waals surface area (Å²) in [7, 11) is 1.57. The van der Waals surface area contributed by atoms with Gasteiger partial charge in [0.05, 0.1) is 12.8 Å². The number of carbonyl (C=O) groups is 2. The molecule has 1 aliphatic rings. The maximum Gasteiger partial charge on any atom is 0.286 e. The molecule has 1 aliphatic carbocycles. The largest absolute Gasteiger partial charge is 1.00 e. The lowest BCUT2D eigenvalue weighted by molar-refractivity contribution is -0.578. The number of halogens is 1. The van der Waals surface area contributed by atoms with E-state index >= 15 is 0 Å². The third-order valence-electron chi connectivity index (χ3n) is 4.86. The van der Waals surface area contributed by atoms with Gasteiger partial charge in [-0.2, -0.15) is 4.57 Å². The number of methoxy groups -OCH3 is 1. The number of anilines is 1. The summed E-state index contributed by atoms with van der Waals surface area (Å²) in [4.78, 5) is 26.8. The Morgan fingerprint density at radius 2 is 1.40 bits per heavy atom. The van der Waals surface area contributed by atoms with Gasteiger partial charge in [-0.15, -0.1) is 0 Å². The normalized spacial score (nSPS) is 12.9. The number of nitrogens with zero attached hydrogens (tertiary/aromatic N) is 1. The lowest BCUT2D eigenvalue weighted by Crippen LogP contribution is -3.00. The van der Waals surface area contributed by atoms with Gasteiger partial charge in [0.25, 0.3) is 11.5 Å². The number of para-hydroxylation sites is 2. The number of Topliss-reactive ketones (excluding diaryl/α,β-unsaturated/α-hetero) is 2. The summed E-state index contributed by atoms with van der Waals surface area (Å²) < 4.78 is 7.14. The Morgan fingerprint density at radius 1 is 0.833 bits per heavy atom. The maximum absolute atomic E-state index is 13.4. The van der Waals surface area contributed by atoms with Gasteiger partial charge < -0.3 is 34.0 Å². The van der Waals surface area contributed by atoms with Crippen molar-refractivity contribution in [3.8, 4) is 5.75 Å². The van der Waals surface area contributed by atoms with Crippen molar-refractivity contribution in [1.82, 2.24) is 0 Å². The second-order valence-corrected chi connectivity index (χ2v) is 7.05. The molecule has 0 aliphatic heterocycles. The number of rotatable bonds is 4. The first-order valence-corrected chi connectivity index (χ1v) is 9.32. The summed E-state index contributed by atoms with van der Waals surface area (Å²) in [5, 5.41) is 3.17. The van der Waals surface area contributed by atoms with Crippen molar-refractivity contribution in [3.05, 3.63) is 94.9 Å². The van der Waals surface area contributed by atoms with Crippen LogP contribution in [0.2, 0.25) is 0 Å². The molecule has 1 heterocycles. The molecule has 2 aromatic carbocycles. The lowest BCUT2D eigenvalue weighted by Gasteiger charge is -2.19. The van der Waals surface area contributed by atoms with Crippen LogP contribution in [0.3, 0.4) is 0 Å². The third kappa shape index (κ3) is 3.87. The van der Waals surface area contributed by atoms with Crippen LogP contribution in [0.1, 0.15) is 31.8 Å². The predicted molar refractivity (Wildman–Crippen MR) is 111 cm³/mol. The Morgan fingerprint density at radius 3 is 2.03 bits per heavy atom. The van der Waals surface area contributed by atoms with Gasteiger partial charge in [0.15, 0.2) is 18.1 Å². The smallest absolute Gasteiger partial charge is 0.286 e. The van der Waals surface area contributed by atoms with Crippen molar-refractivity contribution in [3.63, 3.8) is 0 Å². The van der Waals surface area contributed by atoms with E-state index in [1.807, 2.05) is 50.5 Å². The summed E-state index contributed by atoms with van der Waals surface area (Å²) >= 11 is 0. The van der Waals surface area contributed by atoms with Crippen LogP contribution in [0.25, 0.3) is 5.70 Å². The van der Waals surface area contributed by atoms with Gasteiger partial charge in [-0.25, -0.2) is 0 Å². The monoisotopic (exact) mass is 512 g/mol. The van der Waals surface area contributed by atoms with E-state index in [9.17, 15) is 9.59 Å². The molecule has 0 saturated heterocycles. The molecule has 30 heavy (non-hydrogen) atoms. The molecule has 5 nitrogen and oxygen atoms in total. The van der Waals surface area contributed by atoms with Gasteiger partial charge in [0, 0.05) is 22.3 Å². The Hall–Kier alpha value is -3.00. The zero-order valence-corrected chi connectivity index (χ0v) is 19.1. The number of ether oxygens (including phenoxy) is 1. The quantitative estimate of drug-likeness (QED) is 0.418. The Kier molecular flexibility index (Phi) is 6.36. The molecule has 1 aromatic heterocycles. The van der Waals surface area contributed by atoms with E-state index in [0.29, 0.717) is 28.3 Å². The summed E-state index contributed by atoms with van der Waals surface area (Å²) in [5.41, 5.74) is 3.93. The molecule has 0 atom stereocenters. The number of nitrogens with one attached hydrogen (secondary N) is 1. The summed E-state index contributed by atoms with van der Waals surface area (Å²) in [6.07, 6.45) is 3.71. The molecule has 152 valence electrons. The van der Waals surface area contributed by atoms with Crippen molar-refractivity contribution in [2.75, 3.05) is 12.4 Å². The topological polar surface area (TPSA) is 59.3 Å². The van der Waals surface area contributed by atoms with Crippen LogP contribution in [0, 0.1) is 13.8 Å². The highest BCUT2D eigenvalue weighted by Gasteiger charge is 2.39. The molecule has 0 spiro atoms. The Bertz CT molecular complexity index is 1160. The minimum atomic E-state index is -0.229. The van der Waals surface area contributed by atoms with Crippen molar-refractivity contribution >= 4 is 23.0 Å². The number of carbonyl (C=O) groups excluding carboxylic acids is 2. The molecule has 0 bridgehead atoms. The number of aryl methyl sites for hydroxylation is 2. The number of ketones is 2. The van der Waals surface area contributed by atoms with E-state index in [1.54, 1.807) is 42.0 Å². The first-order valence-electron chi connectivity index (χ1n) is 9.32. The SMILES string of the molecule is COc1ccccc1NC1=C([n+]2cc(C)cc(C)c2)C(=O)c2ccccc2C1=O.[I-]. The number of benzene rings is 2. The van der Waals surface area contributed by atoms with Crippen LogP contribution in [0.15, 0.2) is 72.7 Å². The zero-order chi connectivity index (χ0) is 20.5. The molecule has 0 saturated carbocycles. The molecule has 1 N–H and O–H groups in total. The zero-order valence-electron chi connectivity index (χ0n) is 16.9. The molecule has 0 radical (unpaired) electrons. The first kappa shape index (κ1) is 21.7. The fourth-order valence-electron chi connectivity index (χ4n) is 3.65. The average molecular weight is 512 g/mol. The molecule has 0 fully saturated rings. The highest BCUT2D eigenvalue weighted by molar-refractivity contribution is 6.36. The first-order chi connectivity index (χ1) is 14.0. The standard InChI is InChI=1S/C24H20N2O3.HI/c1-15-12-16(2)14-26(13-15)22-21(25-19-10-6-7-11-20(19)29-3)23(27)17-8-4-5-9-18(17)24(22)28;/h4-14H,1-3H3;1H. The Labute approximate surface area is 192 Å². The van der Waals surface area contributed by atoms with Gasteiger partial charge in [-0.3, -0.25) is 9.59 Å². The molecular formula is C24H21IN2O3. The van der Waals surface area contributed by atoms with E-state index in [2.05, 4.69) is 5.32 Å². The highest BCUT2D eigenvalue weighted by atomic mass is 127. The van der Waals surface area contributed by atoms with Gasteiger partial charge >= 0.3 is 0 Å². The van der Waals surface area contributed by atoms with Crippen LogP contribution < -0.4 is 38.6 Å². The number of allylic oxidation sites excluding steroid dienone is 2. The summed E-state index contributed by atoms with van der Waals surface area (Å²) in [6, 6.07) is 16.2. The summed E-state index contributed by atoms with van der Waals surface area (Å²) in [6.45, 7) is 3.92. The minimum Gasteiger partial charge on any atom is -1.00 e. The Balaban J connectivity index is 0.00000256. The van der Waals surface area contributed by atoms with Crippen LogP contribution >= 0.6 is 0 Å². The molecule has 6 heteroatoms. The maximum atomic E-state index is 13.4. The molecular weight excluding hydrogens is 491 g/mol. The second kappa shape index (κ2) is 8.79. The second-order valence-electron chi connectivity index (χ2n) is 7.05. The molecule has 4 rings (SSSR count). The van der Waals surface area contributed by atoms with E-state index in [-0.39, 0.29) is 41.2 Å². The lowest BCUT2D eigenvalue weighted by atomic mass is 9.90. The van der Waals surface area contributed by atoms with E-state index in [1.165, 1.54) is 0 Å². The van der Waals surface area contributed by atoms with Crippen LogP contribution in [0.5, 0.6) is 5.75 Å². The third-order valence-corrected chi connectivity index (χ3v) is 4.86. The van der Waals surface area contributed by atoms with Gasteiger partial charge in [0.1, 0.15) is 5.75 Å². The van der Waals surface area contributed by atoms with Gasteiger partial charge in [-0.05, 0) is 32.0 Å². The van der Waals surface area contributed by atoms with Crippen LogP contribution in [-0.2, 0) is 0 Å². The van der Waals surface area contributed by atoms with Crippen molar-refractivity contribution in [2.45, 2.75) is 13.8 Å². The minimum absolute atomic E-state index is 0. The number of pyridine rings is 1. The van der Waals surface area contributed by atoms with Crippen molar-refractivity contribution in [2.24, 2.45) is 0 Å². The van der Waals surface area contributed by atoms with E-state index < -0.39 is 0 Å². The van der Waals surface area contributed by atoms with Crippen molar-refractivity contribution < 1.29 is 42.9 Å². The summed E-state index contributed by atoms with van der Waals surface area (Å²) in [5.74, 6) is 0.157. The fraction of sp³-hybridized carbons (Fsp3) is 0.125. The van der Waals surface area contributed by atoms with Crippen LogP contribution in [-0.4, -0.2) is 18.7 Å². The van der Waals surface area contributed by atoms with Crippen molar-refractivity contribution in [1.29, 1.82) is 0 Å². The van der Waals surface area contributed by atoms with Crippen LogP contribution in [0.4, 0.5) is 5.69 Å². The molecule has 3 aromatic rings. The van der Waals surface area contributed by atoms with E-state index in [0.717, 1.165) is 11.1 Å². The fourth-order valence-corrected chi connectivity index (χ4v) is 3.65. The van der Waals surface area contributed by atoms with Gasteiger partial charge in [0.2, 0.25) is 5.78 Å².